The molecule has 7 rings (SSSR count). The van der Waals surface area contributed by atoms with Crippen LogP contribution < -0.4 is 29.4 Å². The van der Waals surface area contributed by atoms with E-state index in [1.807, 2.05) is 35.2 Å². The molecule has 0 saturated carbocycles. The number of aromatic nitrogens is 2. The van der Waals surface area contributed by atoms with Gasteiger partial charge in [-0.05, 0) is 66.3 Å². The summed E-state index contributed by atoms with van der Waals surface area (Å²) in [5.41, 5.74) is 2.93. The van der Waals surface area contributed by atoms with Gasteiger partial charge in [0.2, 0.25) is 13.6 Å². The highest BCUT2D eigenvalue weighted by atomic mass is 32.1. The predicted molar refractivity (Wildman–Crippen MR) is 148 cm³/mol. The van der Waals surface area contributed by atoms with E-state index in [2.05, 4.69) is 11.1 Å². The number of hydrogen-bond acceptors (Lipinski definition) is 7. The molecule has 1 aromatic heterocycles. The van der Waals surface area contributed by atoms with Crippen molar-refractivity contribution in [3.05, 3.63) is 86.4 Å². The summed E-state index contributed by atoms with van der Waals surface area (Å²) in [6.45, 7) is 4.62. The fourth-order valence-corrected chi connectivity index (χ4v) is 5.74. The topological polar surface area (TPSA) is 99.5 Å². The molecule has 4 aromatic rings. The van der Waals surface area contributed by atoms with E-state index in [0.717, 1.165) is 36.7 Å². The number of hydrogen-bond donors (Lipinski definition) is 2. The monoisotopic (exact) mass is 559 g/mol. The van der Waals surface area contributed by atoms with Gasteiger partial charge in [-0.2, -0.15) is 0 Å². The first kappa shape index (κ1) is 24.7. The number of ether oxygens (including phenoxy) is 4. The maximum atomic E-state index is 13.3. The van der Waals surface area contributed by atoms with Crippen molar-refractivity contribution in [2.75, 3.05) is 39.8 Å². The summed E-state index contributed by atoms with van der Waals surface area (Å²) in [6.07, 6.45) is 0. The van der Waals surface area contributed by atoms with Crippen LogP contribution in [0.15, 0.2) is 59.4 Å². The molecule has 3 aliphatic rings. The molecule has 0 unspecified atom stereocenters. The Balaban J connectivity index is 1.04. The van der Waals surface area contributed by atoms with Gasteiger partial charge in [0.1, 0.15) is 6.54 Å². The first-order chi connectivity index (χ1) is 19.5. The lowest BCUT2D eigenvalue weighted by Gasteiger charge is -2.32. The third-order valence-electron chi connectivity index (χ3n) is 7.66. The van der Waals surface area contributed by atoms with E-state index in [4.69, 9.17) is 31.2 Å². The fraction of sp³-hybridized carbons (Fsp3) is 0.276. The number of quaternary nitrogens is 1. The molecule has 11 heteroatoms. The average Bonchev–Trinajstić information content (AvgIpc) is 3.64. The number of rotatable bonds is 5. The van der Waals surface area contributed by atoms with Crippen LogP contribution >= 0.6 is 12.2 Å². The van der Waals surface area contributed by atoms with Crippen LogP contribution in [0, 0.1) is 4.77 Å². The van der Waals surface area contributed by atoms with Crippen molar-refractivity contribution in [3.8, 4) is 23.0 Å². The predicted octanol–water partition coefficient (Wildman–Crippen LogP) is 2.11. The van der Waals surface area contributed by atoms with Crippen LogP contribution in [0.5, 0.6) is 23.0 Å². The molecule has 204 valence electrons. The van der Waals surface area contributed by atoms with E-state index < -0.39 is 0 Å². The summed E-state index contributed by atoms with van der Waals surface area (Å²) in [4.78, 5) is 33.1. The van der Waals surface area contributed by atoms with Gasteiger partial charge in [-0.3, -0.25) is 14.2 Å². The van der Waals surface area contributed by atoms with Gasteiger partial charge >= 0.3 is 0 Å². The van der Waals surface area contributed by atoms with Gasteiger partial charge in [0.05, 0.1) is 43.6 Å². The number of aromatic amines is 1. The van der Waals surface area contributed by atoms with Crippen molar-refractivity contribution >= 4 is 29.0 Å². The van der Waals surface area contributed by atoms with E-state index in [1.54, 1.807) is 18.2 Å². The van der Waals surface area contributed by atoms with Crippen LogP contribution in [0.2, 0.25) is 0 Å². The maximum Gasteiger partial charge on any atom is 0.262 e. The second-order valence-electron chi connectivity index (χ2n) is 10.2. The van der Waals surface area contributed by atoms with Crippen LogP contribution in [-0.2, 0) is 13.1 Å². The maximum absolute atomic E-state index is 13.3. The molecular weight excluding hydrogens is 532 g/mol. The molecule has 0 atom stereocenters. The molecule has 1 amide bonds. The summed E-state index contributed by atoms with van der Waals surface area (Å²) in [5, 5.41) is 0.476. The van der Waals surface area contributed by atoms with Gasteiger partial charge in [-0.1, -0.05) is 6.07 Å². The first-order valence-corrected chi connectivity index (χ1v) is 13.6. The van der Waals surface area contributed by atoms with E-state index in [-0.39, 0.29) is 25.1 Å². The lowest BCUT2D eigenvalue weighted by Crippen LogP contribution is -3.13. The van der Waals surface area contributed by atoms with Crippen molar-refractivity contribution in [2.45, 2.75) is 13.1 Å². The largest absolute Gasteiger partial charge is 0.454 e. The zero-order chi connectivity index (χ0) is 27.2. The van der Waals surface area contributed by atoms with Gasteiger partial charge < -0.3 is 33.7 Å². The Morgan fingerprint density at radius 1 is 0.850 bits per heavy atom. The second-order valence-corrected chi connectivity index (χ2v) is 10.6. The zero-order valence-corrected chi connectivity index (χ0v) is 22.4. The first-order valence-electron chi connectivity index (χ1n) is 13.2. The second kappa shape index (κ2) is 10.00. The molecule has 0 spiro atoms. The molecule has 0 radical (unpaired) electrons. The number of amides is 1. The van der Waals surface area contributed by atoms with Gasteiger partial charge in [0, 0.05) is 11.1 Å². The minimum absolute atomic E-state index is 0.0483. The molecule has 10 nitrogen and oxygen atoms in total. The van der Waals surface area contributed by atoms with Crippen LogP contribution in [0.3, 0.4) is 0 Å². The Morgan fingerprint density at radius 2 is 1.50 bits per heavy atom. The Bertz CT molecular complexity index is 1760. The molecular formula is C29H27N4O6S+. The van der Waals surface area contributed by atoms with Gasteiger partial charge in [-0.25, -0.2) is 0 Å². The summed E-state index contributed by atoms with van der Waals surface area (Å²) >= 11 is 5.53. The molecule has 4 heterocycles. The number of benzene rings is 3. The van der Waals surface area contributed by atoms with Gasteiger partial charge in [0.15, 0.2) is 27.8 Å². The normalized spacial score (nSPS) is 16.1. The Hall–Kier alpha value is -4.35. The summed E-state index contributed by atoms with van der Waals surface area (Å²) in [6, 6.07) is 16.8. The number of carbonyl (C=O) groups excluding carboxylic acids is 1. The number of H-pyrrole nitrogens is 1. The number of piperazine rings is 1. The van der Waals surface area contributed by atoms with Gasteiger partial charge in [0.25, 0.3) is 11.5 Å². The highest BCUT2D eigenvalue weighted by Gasteiger charge is 2.26. The van der Waals surface area contributed by atoms with E-state index in [0.29, 0.717) is 52.4 Å². The minimum atomic E-state index is -0.212. The quantitative estimate of drug-likeness (QED) is 0.362. The van der Waals surface area contributed by atoms with Crippen molar-refractivity contribution in [1.82, 2.24) is 14.5 Å². The number of nitrogens with zero attached hydrogens (tertiary/aromatic N) is 2. The highest BCUT2D eigenvalue weighted by Crippen LogP contribution is 2.33. The molecule has 1 saturated heterocycles. The van der Waals surface area contributed by atoms with Crippen LogP contribution in [0.25, 0.3) is 10.9 Å². The molecule has 40 heavy (non-hydrogen) atoms. The van der Waals surface area contributed by atoms with Crippen molar-refractivity contribution in [2.24, 2.45) is 0 Å². The summed E-state index contributed by atoms with van der Waals surface area (Å²) in [5.74, 6) is 2.87. The molecule has 3 aliphatic heterocycles. The fourth-order valence-electron chi connectivity index (χ4n) is 5.48. The third-order valence-corrected chi connectivity index (χ3v) is 7.98. The lowest BCUT2D eigenvalue weighted by atomic mass is 10.1. The minimum Gasteiger partial charge on any atom is -0.454 e. The Morgan fingerprint density at radius 3 is 2.23 bits per heavy atom. The van der Waals surface area contributed by atoms with Crippen molar-refractivity contribution in [3.63, 3.8) is 0 Å². The number of fused-ring (bicyclic) bond motifs is 3. The van der Waals surface area contributed by atoms with Crippen molar-refractivity contribution in [1.29, 1.82) is 0 Å². The Labute approximate surface area is 234 Å². The highest BCUT2D eigenvalue weighted by molar-refractivity contribution is 7.71. The van der Waals surface area contributed by atoms with E-state index in [9.17, 15) is 9.59 Å². The summed E-state index contributed by atoms with van der Waals surface area (Å²) in [7, 11) is 0. The van der Waals surface area contributed by atoms with Gasteiger partial charge in [-0.15, -0.1) is 0 Å². The van der Waals surface area contributed by atoms with Crippen LogP contribution in [0.1, 0.15) is 21.5 Å². The average molecular weight is 560 g/mol. The molecule has 1 fully saturated rings. The molecule has 0 bridgehead atoms. The van der Waals surface area contributed by atoms with Crippen LogP contribution in [-0.4, -0.2) is 60.1 Å². The molecule has 3 aromatic carbocycles. The third kappa shape index (κ3) is 4.56. The standard InChI is InChI=1S/C29H26N4O6S/c34-27(32-9-7-31(8-10-32)14-18-1-5-23-25(11-18)38-16-36-23)20-3-4-21-22(13-20)30-29(40)33(28(21)35)15-19-2-6-24-26(12-19)39-17-37-24/h1-6,11-13H,7-10,14-17H2,(H,30,40)/p+1. The SMILES string of the molecule is O=C(c1ccc2c(=O)n(Cc3ccc4c(c3)OCO4)c(=S)[nH]c2c1)N1CC[NH+](Cc2ccc3c(c2)OCO3)CC1. The summed E-state index contributed by atoms with van der Waals surface area (Å²) < 4.78 is 23.5. The lowest BCUT2D eigenvalue weighted by molar-refractivity contribution is -0.917. The van der Waals surface area contributed by atoms with E-state index in [1.165, 1.54) is 15.0 Å². The molecule has 0 aliphatic carbocycles. The molecule has 2 N–H and O–H groups in total. The Kier molecular flexibility index (Phi) is 6.17. The smallest absolute Gasteiger partial charge is 0.262 e. The van der Waals surface area contributed by atoms with Crippen molar-refractivity contribution < 1.29 is 28.6 Å². The number of nitrogens with one attached hydrogen (secondary N) is 2. The van der Waals surface area contributed by atoms with Crippen LogP contribution in [0.4, 0.5) is 0 Å². The number of carbonyl (C=O) groups is 1. The zero-order valence-electron chi connectivity index (χ0n) is 21.6. The van der Waals surface area contributed by atoms with E-state index >= 15 is 0 Å².